The molecule has 1 aliphatic rings. The zero-order valence-corrected chi connectivity index (χ0v) is 15.7. The lowest BCUT2D eigenvalue weighted by atomic mass is 10.2. The zero-order valence-electron chi connectivity index (χ0n) is 14.1. The van der Waals surface area contributed by atoms with Crippen LogP contribution >= 0.6 is 23.8 Å². The van der Waals surface area contributed by atoms with Crippen LogP contribution in [0.5, 0.6) is 0 Å². The van der Waals surface area contributed by atoms with E-state index in [-0.39, 0.29) is 5.82 Å². The number of nitrogens with one attached hydrogen (secondary N) is 1. The lowest BCUT2D eigenvalue weighted by Gasteiger charge is -2.36. The van der Waals surface area contributed by atoms with Crippen molar-refractivity contribution in [3.05, 3.63) is 64.4 Å². The molecule has 132 valence electrons. The van der Waals surface area contributed by atoms with Gasteiger partial charge in [-0.2, -0.15) is 0 Å². The van der Waals surface area contributed by atoms with Crippen LogP contribution in [-0.4, -0.2) is 41.1 Å². The summed E-state index contributed by atoms with van der Waals surface area (Å²) in [5.41, 5.74) is 2.77. The number of thiocarbonyl (C=S) groups is 1. The highest BCUT2D eigenvalue weighted by Crippen LogP contribution is 2.21. The number of hydrogen-bond acceptors (Lipinski definition) is 2. The lowest BCUT2D eigenvalue weighted by molar-refractivity contribution is 0.175. The summed E-state index contributed by atoms with van der Waals surface area (Å²) in [5.74, 6) is -0.244. The average molecular weight is 378 g/mol. The number of rotatable bonds is 3. The van der Waals surface area contributed by atoms with E-state index in [0.717, 1.165) is 42.5 Å². The molecular formula is C19H21ClFN3S. The molecule has 6 heteroatoms. The summed E-state index contributed by atoms with van der Waals surface area (Å²) < 4.78 is 13.9. The number of nitrogens with zero attached hydrogens (tertiary/aromatic N) is 2. The summed E-state index contributed by atoms with van der Waals surface area (Å²) in [4.78, 5) is 4.36. The average Bonchev–Trinajstić information content (AvgIpc) is 2.61. The second kappa shape index (κ2) is 8.13. The number of piperazine rings is 1. The highest BCUT2D eigenvalue weighted by molar-refractivity contribution is 7.80. The third-order valence-electron chi connectivity index (χ3n) is 4.49. The van der Waals surface area contributed by atoms with E-state index in [1.807, 2.05) is 18.2 Å². The minimum Gasteiger partial charge on any atom is -0.346 e. The molecule has 0 unspecified atom stereocenters. The van der Waals surface area contributed by atoms with Crippen molar-refractivity contribution >= 4 is 34.6 Å². The quantitative estimate of drug-likeness (QED) is 0.803. The molecule has 1 aliphatic heterocycles. The Labute approximate surface area is 158 Å². The summed E-state index contributed by atoms with van der Waals surface area (Å²) in [6.07, 6.45) is 0. The summed E-state index contributed by atoms with van der Waals surface area (Å²) in [6.45, 7) is 5.84. The molecule has 0 atom stereocenters. The Hall–Kier alpha value is -1.69. The van der Waals surface area contributed by atoms with Crippen LogP contribution in [0.3, 0.4) is 0 Å². The van der Waals surface area contributed by atoms with Crippen molar-refractivity contribution in [2.45, 2.75) is 13.5 Å². The maximum atomic E-state index is 13.9. The molecule has 0 saturated carbocycles. The molecule has 1 heterocycles. The predicted molar refractivity (Wildman–Crippen MR) is 106 cm³/mol. The number of hydrogen-bond donors (Lipinski definition) is 1. The van der Waals surface area contributed by atoms with E-state index in [1.165, 1.54) is 6.07 Å². The van der Waals surface area contributed by atoms with Gasteiger partial charge in [-0.15, -0.1) is 0 Å². The monoisotopic (exact) mass is 377 g/mol. The van der Waals surface area contributed by atoms with E-state index in [0.29, 0.717) is 17.1 Å². The minimum absolute atomic E-state index is 0.244. The maximum absolute atomic E-state index is 13.9. The topological polar surface area (TPSA) is 18.5 Å². The van der Waals surface area contributed by atoms with Gasteiger partial charge < -0.3 is 10.2 Å². The summed E-state index contributed by atoms with van der Waals surface area (Å²) in [6, 6.07) is 12.9. The third-order valence-corrected chi connectivity index (χ3v) is 5.20. The van der Waals surface area contributed by atoms with Crippen LogP contribution in [0.1, 0.15) is 11.1 Å². The van der Waals surface area contributed by atoms with Crippen LogP contribution in [0.2, 0.25) is 5.02 Å². The van der Waals surface area contributed by atoms with Gasteiger partial charge in [-0.1, -0.05) is 35.9 Å². The van der Waals surface area contributed by atoms with Crippen molar-refractivity contribution < 1.29 is 4.39 Å². The van der Waals surface area contributed by atoms with E-state index in [9.17, 15) is 4.39 Å². The van der Waals surface area contributed by atoms with Gasteiger partial charge in [-0.25, -0.2) is 4.39 Å². The molecule has 3 nitrogen and oxygen atoms in total. The van der Waals surface area contributed by atoms with Crippen molar-refractivity contribution in [1.82, 2.24) is 9.80 Å². The third kappa shape index (κ3) is 4.48. The van der Waals surface area contributed by atoms with Gasteiger partial charge in [0.1, 0.15) is 5.82 Å². The Bertz CT molecular complexity index is 740. The van der Waals surface area contributed by atoms with Crippen molar-refractivity contribution in [3.8, 4) is 0 Å². The molecule has 0 aliphatic carbocycles. The number of halogens is 2. The molecule has 0 amide bonds. The fourth-order valence-corrected chi connectivity index (χ4v) is 3.44. The molecule has 1 N–H and O–H groups in total. The Kier molecular flexibility index (Phi) is 5.89. The molecule has 25 heavy (non-hydrogen) atoms. The van der Waals surface area contributed by atoms with Crippen LogP contribution in [-0.2, 0) is 6.54 Å². The molecule has 1 saturated heterocycles. The van der Waals surface area contributed by atoms with Crippen molar-refractivity contribution in [2.75, 3.05) is 31.5 Å². The number of aryl methyl sites for hydroxylation is 1. The first-order valence-corrected chi connectivity index (χ1v) is 9.10. The van der Waals surface area contributed by atoms with Gasteiger partial charge in [0.15, 0.2) is 5.11 Å². The molecule has 1 fully saturated rings. The maximum Gasteiger partial charge on any atom is 0.173 e. The minimum atomic E-state index is -0.244. The van der Waals surface area contributed by atoms with E-state index in [1.54, 1.807) is 12.1 Å². The molecule has 0 aromatic heterocycles. The standard InChI is InChI=1S/C19H21ClFN3S/c1-14-5-2-3-8-18(14)22-19(25)24-11-9-23(10-12-24)13-15-16(20)6-4-7-17(15)21/h2-8H,9-13H2,1H3,(H,22,25). The predicted octanol–water partition coefficient (Wildman–Crippen LogP) is 4.30. The molecule has 0 spiro atoms. The van der Waals surface area contributed by atoms with Crippen LogP contribution in [0.15, 0.2) is 42.5 Å². The van der Waals surface area contributed by atoms with E-state index in [4.69, 9.17) is 23.8 Å². The molecule has 0 radical (unpaired) electrons. The molecule has 0 bridgehead atoms. The Morgan fingerprint density at radius 2 is 1.84 bits per heavy atom. The van der Waals surface area contributed by atoms with Crippen LogP contribution in [0, 0.1) is 12.7 Å². The van der Waals surface area contributed by atoms with Gasteiger partial charge in [0, 0.05) is 49.0 Å². The first kappa shape index (κ1) is 18.1. The van der Waals surface area contributed by atoms with Gasteiger partial charge in [0.25, 0.3) is 0 Å². The Morgan fingerprint density at radius 3 is 2.52 bits per heavy atom. The lowest BCUT2D eigenvalue weighted by Crippen LogP contribution is -2.49. The summed E-state index contributed by atoms with van der Waals surface area (Å²) in [5, 5.41) is 4.54. The van der Waals surface area contributed by atoms with Crippen LogP contribution in [0.25, 0.3) is 0 Å². The van der Waals surface area contributed by atoms with E-state index < -0.39 is 0 Å². The van der Waals surface area contributed by atoms with Crippen molar-refractivity contribution in [3.63, 3.8) is 0 Å². The van der Waals surface area contributed by atoms with Crippen molar-refractivity contribution in [1.29, 1.82) is 0 Å². The Balaban J connectivity index is 1.55. The number of para-hydroxylation sites is 1. The van der Waals surface area contributed by atoms with Gasteiger partial charge >= 0.3 is 0 Å². The summed E-state index contributed by atoms with van der Waals surface area (Å²) in [7, 11) is 0. The first-order valence-electron chi connectivity index (χ1n) is 8.31. The van der Waals surface area contributed by atoms with Crippen LogP contribution in [0.4, 0.5) is 10.1 Å². The number of anilines is 1. The van der Waals surface area contributed by atoms with Gasteiger partial charge in [0.2, 0.25) is 0 Å². The van der Waals surface area contributed by atoms with Crippen LogP contribution < -0.4 is 5.32 Å². The summed E-state index contributed by atoms with van der Waals surface area (Å²) >= 11 is 11.7. The van der Waals surface area contributed by atoms with Crippen molar-refractivity contribution in [2.24, 2.45) is 0 Å². The fourth-order valence-electron chi connectivity index (χ4n) is 2.92. The smallest absolute Gasteiger partial charge is 0.173 e. The number of benzene rings is 2. The molecular weight excluding hydrogens is 357 g/mol. The Morgan fingerprint density at radius 1 is 1.12 bits per heavy atom. The second-order valence-corrected chi connectivity index (χ2v) is 7.00. The molecule has 2 aromatic carbocycles. The van der Waals surface area contributed by atoms with E-state index in [2.05, 4.69) is 28.1 Å². The normalized spacial score (nSPS) is 15.2. The van der Waals surface area contributed by atoms with Gasteiger partial charge in [-0.3, -0.25) is 4.90 Å². The van der Waals surface area contributed by atoms with Gasteiger partial charge in [-0.05, 0) is 42.9 Å². The zero-order chi connectivity index (χ0) is 17.8. The van der Waals surface area contributed by atoms with Gasteiger partial charge in [0.05, 0.1) is 0 Å². The largest absolute Gasteiger partial charge is 0.346 e. The highest BCUT2D eigenvalue weighted by Gasteiger charge is 2.21. The highest BCUT2D eigenvalue weighted by atomic mass is 35.5. The SMILES string of the molecule is Cc1ccccc1NC(=S)N1CCN(Cc2c(F)cccc2Cl)CC1. The second-order valence-electron chi connectivity index (χ2n) is 6.21. The van der Waals surface area contributed by atoms with E-state index >= 15 is 0 Å². The first-order chi connectivity index (χ1) is 12.0. The fraction of sp³-hybridized carbons (Fsp3) is 0.316. The molecule has 2 aromatic rings. The molecule has 3 rings (SSSR count).